The Morgan fingerprint density at radius 2 is 1.78 bits per heavy atom. The topological polar surface area (TPSA) is 91.4 Å². The van der Waals surface area contributed by atoms with Gasteiger partial charge in [-0.05, 0) is 55.3 Å². The van der Waals surface area contributed by atoms with Gasteiger partial charge in [0.25, 0.3) is 5.91 Å². The van der Waals surface area contributed by atoms with E-state index in [2.05, 4.69) is 21.9 Å². The van der Waals surface area contributed by atoms with Gasteiger partial charge in [0.1, 0.15) is 0 Å². The normalized spacial score (nSPS) is 11.7. The first-order valence-corrected chi connectivity index (χ1v) is 10.4. The predicted octanol–water partition coefficient (Wildman–Crippen LogP) is 2.92. The number of aryl methyl sites for hydroxylation is 2. The SMILES string of the molecule is Cc1cc(C)c2sc(NNC(=O)c3ccc(S(=O)(=O)N(C)C)cc3)nc2c1. The molecule has 0 unspecified atom stereocenters. The molecule has 0 aliphatic heterocycles. The second kappa shape index (κ2) is 7.26. The van der Waals surface area contributed by atoms with Crippen molar-refractivity contribution in [3.8, 4) is 0 Å². The Morgan fingerprint density at radius 1 is 1.11 bits per heavy atom. The second-order valence-electron chi connectivity index (χ2n) is 6.34. The number of anilines is 1. The van der Waals surface area contributed by atoms with Crippen molar-refractivity contribution in [2.75, 3.05) is 19.5 Å². The van der Waals surface area contributed by atoms with Crippen LogP contribution in [0.15, 0.2) is 41.3 Å². The van der Waals surface area contributed by atoms with Gasteiger partial charge in [0.15, 0.2) is 0 Å². The van der Waals surface area contributed by atoms with E-state index >= 15 is 0 Å². The van der Waals surface area contributed by atoms with E-state index in [9.17, 15) is 13.2 Å². The molecular formula is C18H20N4O3S2. The number of benzene rings is 2. The maximum absolute atomic E-state index is 12.3. The second-order valence-corrected chi connectivity index (χ2v) is 9.49. The molecule has 0 bridgehead atoms. The standard InChI is InChI=1S/C18H20N4O3S2/c1-11-9-12(2)16-15(10-11)19-18(26-16)21-20-17(23)13-5-7-14(8-6-13)27(24,25)22(3)4/h5-10H,1-4H3,(H,19,21)(H,20,23). The summed E-state index contributed by atoms with van der Waals surface area (Å²) in [4.78, 5) is 16.9. The molecule has 2 N–H and O–H groups in total. The van der Waals surface area contributed by atoms with Crippen LogP contribution in [0.25, 0.3) is 10.2 Å². The Bertz CT molecular complexity index is 1100. The van der Waals surface area contributed by atoms with E-state index in [1.807, 2.05) is 19.9 Å². The number of sulfonamides is 1. The molecule has 0 spiro atoms. The number of carbonyl (C=O) groups excluding carboxylic acids is 1. The number of amides is 1. The first-order chi connectivity index (χ1) is 12.7. The van der Waals surface area contributed by atoms with Crippen LogP contribution in [0.3, 0.4) is 0 Å². The third kappa shape index (κ3) is 3.95. The van der Waals surface area contributed by atoms with Crippen LogP contribution in [-0.4, -0.2) is 37.7 Å². The Morgan fingerprint density at radius 3 is 2.41 bits per heavy atom. The lowest BCUT2D eigenvalue weighted by Crippen LogP contribution is -2.29. The van der Waals surface area contributed by atoms with Gasteiger partial charge < -0.3 is 0 Å². The Balaban J connectivity index is 1.72. The fourth-order valence-corrected chi connectivity index (χ4v) is 4.37. The number of hydrogen-bond donors (Lipinski definition) is 2. The van der Waals surface area contributed by atoms with Crippen LogP contribution < -0.4 is 10.9 Å². The minimum absolute atomic E-state index is 0.133. The molecule has 0 saturated heterocycles. The molecule has 1 amide bonds. The quantitative estimate of drug-likeness (QED) is 0.638. The zero-order valence-electron chi connectivity index (χ0n) is 15.4. The van der Waals surface area contributed by atoms with Crippen molar-refractivity contribution in [2.45, 2.75) is 18.7 Å². The zero-order valence-corrected chi connectivity index (χ0v) is 17.0. The van der Waals surface area contributed by atoms with E-state index in [-0.39, 0.29) is 10.8 Å². The number of thiazole rings is 1. The molecule has 0 radical (unpaired) electrons. The van der Waals surface area contributed by atoms with Gasteiger partial charge >= 0.3 is 0 Å². The average Bonchev–Trinajstić information content (AvgIpc) is 3.03. The fraction of sp³-hybridized carbons (Fsp3) is 0.222. The molecule has 27 heavy (non-hydrogen) atoms. The maximum Gasteiger partial charge on any atom is 0.269 e. The van der Waals surface area contributed by atoms with Crippen LogP contribution >= 0.6 is 11.3 Å². The highest BCUT2D eigenvalue weighted by molar-refractivity contribution is 7.89. The predicted molar refractivity (Wildman–Crippen MR) is 107 cm³/mol. The number of nitrogens with zero attached hydrogens (tertiary/aromatic N) is 2. The Kier molecular flexibility index (Phi) is 5.18. The number of nitrogens with one attached hydrogen (secondary N) is 2. The van der Waals surface area contributed by atoms with E-state index in [1.54, 1.807) is 0 Å². The highest BCUT2D eigenvalue weighted by Gasteiger charge is 2.17. The lowest BCUT2D eigenvalue weighted by Gasteiger charge is -2.11. The highest BCUT2D eigenvalue weighted by Crippen LogP contribution is 2.29. The van der Waals surface area contributed by atoms with Crippen molar-refractivity contribution in [2.24, 2.45) is 0 Å². The van der Waals surface area contributed by atoms with Crippen LogP contribution in [0, 0.1) is 13.8 Å². The summed E-state index contributed by atoms with van der Waals surface area (Å²) in [7, 11) is -0.601. The number of hydrogen-bond acceptors (Lipinski definition) is 6. The van der Waals surface area contributed by atoms with Crippen LogP contribution in [0.1, 0.15) is 21.5 Å². The molecular weight excluding hydrogens is 384 g/mol. The summed E-state index contributed by atoms with van der Waals surface area (Å²) in [6.45, 7) is 4.04. The van der Waals surface area contributed by atoms with Crippen molar-refractivity contribution in [1.29, 1.82) is 0 Å². The number of aromatic nitrogens is 1. The summed E-state index contributed by atoms with van der Waals surface area (Å²) in [5.41, 5.74) is 8.91. The van der Waals surface area contributed by atoms with Gasteiger partial charge in [-0.3, -0.25) is 15.6 Å². The lowest BCUT2D eigenvalue weighted by atomic mass is 10.1. The largest absolute Gasteiger partial charge is 0.273 e. The fourth-order valence-electron chi connectivity index (χ4n) is 2.60. The van der Waals surface area contributed by atoms with Gasteiger partial charge in [0.2, 0.25) is 15.2 Å². The molecule has 7 nitrogen and oxygen atoms in total. The van der Waals surface area contributed by atoms with Gasteiger partial charge in [-0.15, -0.1) is 0 Å². The molecule has 0 saturated carbocycles. The van der Waals surface area contributed by atoms with Gasteiger partial charge in [-0.2, -0.15) is 0 Å². The van der Waals surface area contributed by atoms with E-state index < -0.39 is 10.0 Å². The monoisotopic (exact) mass is 404 g/mol. The summed E-state index contributed by atoms with van der Waals surface area (Å²) in [5.74, 6) is -0.379. The maximum atomic E-state index is 12.3. The van der Waals surface area contributed by atoms with E-state index in [4.69, 9.17) is 0 Å². The molecule has 142 valence electrons. The number of rotatable bonds is 5. The molecule has 0 atom stereocenters. The first-order valence-electron chi connectivity index (χ1n) is 8.15. The van der Waals surface area contributed by atoms with E-state index in [0.29, 0.717) is 10.7 Å². The molecule has 0 aliphatic rings. The third-order valence-electron chi connectivity index (χ3n) is 4.00. The average molecular weight is 405 g/mol. The lowest BCUT2D eigenvalue weighted by molar-refractivity contribution is 0.0962. The minimum atomic E-state index is -3.52. The van der Waals surface area contributed by atoms with Gasteiger partial charge in [-0.25, -0.2) is 17.7 Å². The summed E-state index contributed by atoms with van der Waals surface area (Å²) in [6, 6.07) is 9.85. The molecule has 1 aromatic heterocycles. The number of hydrazine groups is 1. The molecule has 3 aromatic rings. The van der Waals surface area contributed by atoms with Crippen LogP contribution in [0.2, 0.25) is 0 Å². The smallest absolute Gasteiger partial charge is 0.269 e. The van der Waals surface area contributed by atoms with Crippen molar-refractivity contribution in [3.05, 3.63) is 53.1 Å². The van der Waals surface area contributed by atoms with E-state index in [1.165, 1.54) is 49.7 Å². The number of fused-ring (bicyclic) bond motifs is 1. The summed E-state index contributed by atoms with van der Waals surface area (Å²) in [5, 5.41) is 0.582. The Hall–Kier alpha value is -2.49. The first kappa shape index (κ1) is 19.3. The molecule has 9 heteroatoms. The summed E-state index contributed by atoms with van der Waals surface area (Å²) in [6.07, 6.45) is 0. The zero-order chi connectivity index (χ0) is 19.8. The van der Waals surface area contributed by atoms with Crippen molar-refractivity contribution in [3.63, 3.8) is 0 Å². The molecule has 3 rings (SSSR count). The van der Waals surface area contributed by atoms with E-state index in [0.717, 1.165) is 25.6 Å². The molecule has 0 fully saturated rings. The highest BCUT2D eigenvalue weighted by atomic mass is 32.2. The third-order valence-corrected chi connectivity index (χ3v) is 6.95. The van der Waals surface area contributed by atoms with Crippen molar-refractivity contribution in [1.82, 2.24) is 14.7 Å². The van der Waals surface area contributed by atoms with Crippen molar-refractivity contribution < 1.29 is 13.2 Å². The van der Waals surface area contributed by atoms with Crippen LogP contribution in [0.5, 0.6) is 0 Å². The Labute approximate surface area is 162 Å². The van der Waals surface area contributed by atoms with Crippen LogP contribution in [-0.2, 0) is 10.0 Å². The minimum Gasteiger partial charge on any atom is -0.273 e. The molecule has 2 aromatic carbocycles. The van der Waals surface area contributed by atoms with Gasteiger partial charge in [0.05, 0.1) is 15.1 Å². The van der Waals surface area contributed by atoms with Gasteiger partial charge in [-0.1, -0.05) is 17.4 Å². The summed E-state index contributed by atoms with van der Waals surface area (Å²) < 4.78 is 26.3. The number of carbonyl (C=O) groups is 1. The van der Waals surface area contributed by atoms with Crippen LogP contribution in [0.4, 0.5) is 5.13 Å². The summed E-state index contributed by atoms with van der Waals surface area (Å²) >= 11 is 1.46. The van der Waals surface area contributed by atoms with Gasteiger partial charge in [0, 0.05) is 19.7 Å². The molecule has 1 heterocycles. The van der Waals surface area contributed by atoms with Crippen molar-refractivity contribution >= 4 is 42.6 Å². The molecule has 0 aliphatic carbocycles.